The van der Waals surface area contributed by atoms with Gasteiger partial charge in [0.15, 0.2) is 0 Å². The van der Waals surface area contributed by atoms with Crippen LogP contribution < -0.4 is 5.73 Å². The Balaban J connectivity index is -0.00000480. The lowest BCUT2D eigenvalue weighted by Gasteiger charge is -2.20. The minimum atomic E-state index is 0. The molecular formula is C27H60F2N2O3. The van der Waals surface area contributed by atoms with E-state index < -0.39 is 0 Å². The molecule has 0 aromatic heterocycles. The Morgan fingerprint density at radius 3 is 1.21 bits per heavy atom. The highest BCUT2D eigenvalue weighted by atomic mass is 19.0. The van der Waals surface area contributed by atoms with Gasteiger partial charge in [-0.1, -0.05) is 96.3 Å². The Hall–Kier alpha value is -0.340. The first-order chi connectivity index (χ1) is 15.8. The van der Waals surface area contributed by atoms with Gasteiger partial charge in [0.1, 0.15) is 0 Å². The minimum absolute atomic E-state index is 0. The maximum atomic E-state index is 9.13. The number of nitrogens with two attached hydrogens (primary N) is 1. The topological polar surface area (TPSA) is 90.0 Å². The van der Waals surface area contributed by atoms with E-state index in [0.717, 1.165) is 51.9 Å². The van der Waals surface area contributed by atoms with Gasteiger partial charge in [-0.3, -0.25) is 9.41 Å². The van der Waals surface area contributed by atoms with Gasteiger partial charge >= 0.3 is 0 Å². The summed E-state index contributed by atoms with van der Waals surface area (Å²) >= 11 is 0. The molecule has 0 aromatic rings. The third-order valence-corrected chi connectivity index (χ3v) is 6.76. The van der Waals surface area contributed by atoms with Crippen LogP contribution in [0.1, 0.15) is 122 Å². The SMILES string of the molecule is F.F.NCCCN(CCO)CCCCCCCCCCCCCCCCCC(CCO)CCO. The average Bonchev–Trinajstić information content (AvgIpc) is 2.79. The Kier molecular flexibility index (Phi) is 36.7. The zero-order valence-electron chi connectivity index (χ0n) is 22.1. The molecule has 0 atom stereocenters. The van der Waals surface area contributed by atoms with E-state index in [1.807, 2.05) is 0 Å². The standard InChI is InChI=1S/C27H58N2O3.2FH/c28-20-16-22-29(23-26-32)21-15-13-11-9-7-5-3-1-2-4-6-8-10-12-14-17-27(18-24-30)19-25-31;;/h27,30-32H,1-26,28H2;2*1H. The van der Waals surface area contributed by atoms with Crippen molar-refractivity contribution in [2.45, 2.75) is 122 Å². The molecule has 0 aromatic carbocycles. The molecule has 0 aliphatic carbocycles. The fourth-order valence-electron chi connectivity index (χ4n) is 4.66. The van der Waals surface area contributed by atoms with Crippen LogP contribution in [0.4, 0.5) is 9.41 Å². The van der Waals surface area contributed by atoms with E-state index in [0.29, 0.717) is 5.92 Å². The second-order valence-corrected chi connectivity index (χ2v) is 9.69. The number of unbranched alkanes of at least 4 members (excludes halogenated alkanes) is 14. The van der Waals surface area contributed by atoms with Gasteiger partial charge in [0.2, 0.25) is 0 Å². The summed E-state index contributed by atoms with van der Waals surface area (Å²) in [5, 5.41) is 27.3. The van der Waals surface area contributed by atoms with Crippen LogP contribution >= 0.6 is 0 Å². The van der Waals surface area contributed by atoms with Crippen molar-refractivity contribution in [3.05, 3.63) is 0 Å². The first-order valence-corrected chi connectivity index (χ1v) is 14.0. The molecule has 0 aliphatic heterocycles. The Bertz CT molecular complexity index is 350. The molecular weight excluding hydrogens is 438 g/mol. The van der Waals surface area contributed by atoms with Crippen molar-refractivity contribution in [1.29, 1.82) is 0 Å². The number of nitrogens with zero attached hydrogens (tertiary/aromatic N) is 1. The van der Waals surface area contributed by atoms with Gasteiger partial charge in [-0.05, 0) is 51.2 Å². The number of aliphatic hydroxyl groups excluding tert-OH is 3. The third kappa shape index (κ3) is 27.9. The summed E-state index contributed by atoms with van der Waals surface area (Å²) in [5.74, 6) is 0.513. The van der Waals surface area contributed by atoms with Crippen molar-refractivity contribution < 1.29 is 24.7 Å². The first-order valence-electron chi connectivity index (χ1n) is 14.0. The van der Waals surface area contributed by atoms with Crippen LogP contribution in [0.5, 0.6) is 0 Å². The van der Waals surface area contributed by atoms with E-state index >= 15 is 0 Å². The van der Waals surface area contributed by atoms with Crippen molar-refractivity contribution in [2.24, 2.45) is 11.7 Å². The number of rotatable bonds is 27. The molecule has 0 saturated carbocycles. The molecule has 5 N–H and O–H groups in total. The lowest BCUT2D eigenvalue weighted by Crippen LogP contribution is -2.30. The monoisotopic (exact) mass is 498 g/mol. The van der Waals surface area contributed by atoms with E-state index in [2.05, 4.69) is 4.90 Å². The molecule has 0 heterocycles. The zero-order valence-corrected chi connectivity index (χ0v) is 22.1. The summed E-state index contributed by atoms with van der Waals surface area (Å²) in [6.45, 7) is 4.42. The van der Waals surface area contributed by atoms with Crippen LogP contribution in [0.25, 0.3) is 0 Å². The lowest BCUT2D eigenvalue weighted by atomic mass is 9.94. The van der Waals surface area contributed by atoms with Crippen molar-refractivity contribution in [3.8, 4) is 0 Å². The third-order valence-electron chi connectivity index (χ3n) is 6.76. The molecule has 0 fully saturated rings. The van der Waals surface area contributed by atoms with Gasteiger partial charge < -0.3 is 26.0 Å². The van der Waals surface area contributed by atoms with Crippen LogP contribution in [0.2, 0.25) is 0 Å². The Morgan fingerprint density at radius 2 is 0.824 bits per heavy atom. The van der Waals surface area contributed by atoms with E-state index in [-0.39, 0.29) is 29.2 Å². The highest BCUT2D eigenvalue weighted by Gasteiger charge is 2.07. The maximum Gasteiger partial charge on any atom is 0.0558 e. The molecule has 5 nitrogen and oxygen atoms in total. The highest BCUT2D eigenvalue weighted by molar-refractivity contribution is 4.60. The fourth-order valence-corrected chi connectivity index (χ4v) is 4.66. The average molecular weight is 499 g/mol. The summed E-state index contributed by atoms with van der Waals surface area (Å²) < 4.78 is 0. The van der Waals surface area contributed by atoms with Gasteiger partial charge in [0, 0.05) is 19.8 Å². The van der Waals surface area contributed by atoms with Gasteiger partial charge in [-0.2, -0.15) is 0 Å². The molecule has 0 saturated heterocycles. The molecule has 0 rings (SSSR count). The van der Waals surface area contributed by atoms with Gasteiger partial charge in [-0.25, -0.2) is 0 Å². The smallest absolute Gasteiger partial charge is 0.0558 e. The van der Waals surface area contributed by atoms with Crippen molar-refractivity contribution in [1.82, 2.24) is 4.90 Å². The van der Waals surface area contributed by atoms with Gasteiger partial charge in [0.25, 0.3) is 0 Å². The largest absolute Gasteiger partial charge is 0.396 e. The Morgan fingerprint density at radius 1 is 0.441 bits per heavy atom. The lowest BCUT2D eigenvalue weighted by molar-refractivity contribution is 0.192. The molecule has 0 unspecified atom stereocenters. The summed E-state index contributed by atoms with van der Waals surface area (Å²) in [5.41, 5.74) is 5.59. The molecule has 0 amide bonds. The molecule has 7 heteroatoms. The van der Waals surface area contributed by atoms with Crippen molar-refractivity contribution in [2.75, 3.05) is 46.0 Å². The molecule has 0 bridgehead atoms. The quantitative estimate of drug-likeness (QED) is 0.111. The number of hydrogen-bond acceptors (Lipinski definition) is 5. The normalized spacial score (nSPS) is 11.1. The summed E-state index contributed by atoms with van der Waals surface area (Å²) in [6.07, 6.45) is 24.2. The van der Waals surface area contributed by atoms with Crippen LogP contribution in [0.15, 0.2) is 0 Å². The van der Waals surface area contributed by atoms with Crippen LogP contribution in [0, 0.1) is 5.92 Å². The molecule has 210 valence electrons. The van der Waals surface area contributed by atoms with E-state index in [9.17, 15) is 0 Å². The second-order valence-electron chi connectivity index (χ2n) is 9.69. The predicted octanol–water partition coefficient (Wildman–Crippen LogP) is 5.56. The molecule has 0 aliphatic rings. The van der Waals surface area contributed by atoms with Gasteiger partial charge in [0.05, 0.1) is 6.61 Å². The molecule has 0 radical (unpaired) electrons. The van der Waals surface area contributed by atoms with Crippen LogP contribution in [0.3, 0.4) is 0 Å². The highest BCUT2D eigenvalue weighted by Crippen LogP contribution is 2.18. The number of hydrogen-bond donors (Lipinski definition) is 4. The van der Waals surface area contributed by atoms with Gasteiger partial charge in [-0.15, -0.1) is 0 Å². The summed E-state index contributed by atoms with van der Waals surface area (Å²) in [7, 11) is 0. The zero-order chi connectivity index (χ0) is 23.5. The predicted molar refractivity (Wildman–Crippen MR) is 143 cm³/mol. The number of aliphatic hydroxyl groups is 3. The Labute approximate surface area is 209 Å². The summed E-state index contributed by atoms with van der Waals surface area (Å²) in [4.78, 5) is 2.35. The molecule has 0 spiro atoms. The molecule has 34 heavy (non-hydrogen) atoms. The van der Waals surface area contributed by atoms with Crippen molar-refractivity contribution in [3.63, 3.8) is 0 Å². The van der Waals surface area contributed by atoms with Crippen LogP contribution in [-0.2, 0) is 0 Å². The minimum Gasteiger partial charge on any atom is -0.396 e. The van der Waals surface area contributed by atoms with Crippen LogP contribution in [-0.4, -0.2) is 66.2 Å². The second kappa shape index (κ2) is 32.7. The van der Waals surface area contributed by atoms with E-state index in [1.165, 1.54) is 96.3 Å². The number of halogens is 2. The maximum absolute atomic E-state index is 9.13. The van der Waals surface area contributed by atoms with E-state index in [4.69, 9.17) is 21.1 Å². The van der Waals surface area contributed by atoms with E-state index in [1.54, 1.807) is 0 Å². The summed E-state index contributed by atoms with van der Waals surface area (Å²) in [6, 6.07) is 0. The van der Waals surface area contributed by atoms with Crippen molar-refractivity contribution >= 4 is 0 Å². The fraction of sp³-hybridized carbons (Fsp3) is 1.00. The first kappa shape index (κ1) is 38.2.